The third kappa shape index (κ3) is 1.32. The molecular formula is C14H24N2. The van der Waals surface area contributed by atoms with Crippen molar-refractivity contribution in [2.75, 3.05) is 20.1 Å². The maximum Gasteiger partial charge on any atom is 0.0208 e. The molecule has 0 aromatic carbocycles. The van der Waals surface area contributed by atoms with Crippen LogP contribution in [0.15, 0.2) is 0 Å². The number of nitrogens with one attached hydrogen (secondary N) is 1. The Labute approximate surface area is 98.8 Å². The molecule has 4 aliphatic rings. The van der Waals surface area contributed by atoms with Gasteiger partial charge in [-0.1, -0.05) is 0 Å². The van der Waals surface area contributed by atoms with Crippen molar-refractivity contribution in [3.63, 3.8) is 0 Å². The predicted molar refractivity (Wildman–Crippen MR) is 65.5 cm³/mol. The first-order valence-electron chi connectivity index (χ1n) is 7.13. The number of likely N-dealkylation sites (tertiary alicyclic amines) is 1. The first-order valence-corrected chi connectivity index (χ1v) is 7.13. The van der Waals surface area contributed by atoms with Crippen molar-refractivity contribution < 1.29 is 0 Å². The van der Waals surface area contributed by atoms with E-state index in [1.165, 1.54) is 64.5 Å². The van der Waals surface area contributed by atoms with Crippen LogP contribution >= 0.6 is 0 Å². The number of hydrogen-bond donors (Lipinski definition) is 1. The lowest BCUT2D eigenvalue weighted by Crippen LogP contribution is -2.56. The molecule has 2 heterocycles. The van der Waals surface area contributed by atoms with Crippen LogP contribution in [0.4, 0.5) is 0 Å². The Morgan fingerprint density at radius 2 is 1.50 bits per heavy atom. The van der Waals surface area contributed by atoms with Crippen molar-refractivity contribution in [3.05, 3.63) is 0 Å². The van der Waals surface area contributed by atoms with Crippen LogP contribution in [0.5, 0.6) is 0 Å². The molecule has 1 N–H and O–H groups in total. The third-order valence-corrected chi connectivity index (χ3v) is 6.16. The van der Waals surface area contributed by atoms with E-state index < -0.39 is 0 Å². The Bertz CT molecular complexity index is 299. The summed E-state index contributed by atoms with van der Waals surface area (Å²) in [4.78, 5) is 2.70. The lowest BCUT2D eigenvalue weighted by Gasteiger charge is -2.50. The minimum Gasteiger partial charge on any atom is -0.311 e. The molecule has 2 aliphatic heterocycles. The fraction of sp³-hybridized carbons (Fsp3) is 1.00. The highest BCUT2D eigenvalue weighted by atomic mass is 15.2. The summed E-state index contributed by atoms with van der Waals surface area (Å²) in [6, 6.07) is 0. The molecule has 4 fully saturated rings. The van der Waals surface area contributed by atoms with E-state index in [2.05, 4.69) is 17.3 Å². The Morgan fingerprint density at radius 1 is 0.875 bits per heavy atom. The average Bonchev–Trinajstić information content (AvgIpc) is 3.18. The second kappa shape index (κ2) is 2.84. The first kappa shape index (κ1) is 9.90. The fourth-order valence-electron chi connectivity index (χ4n) is 4.20. The van der Waals surface area contributed by atoms with Crippen LogP contribution < -0.4 is 5.32 Å². The van der Waals surface area contributed by atoms with Crippen LogP contribution in [0.2, 0.25) is 0 Å². The smallest absolute Gasteiger partial charge is 0.0208 e. The van der Waals surface area contributed by atoms with Gasteiger partial charge in [0, 0.05) is 24.2 Å². The highest BCUT2D eigenvalue weighted by molar-refractivity contribution is 5.13. The molecule has 0 bridgehead atoms. The molecule has 0 aromatic heterocycles. The van der Waals surface area contributed by atoms with Gasteiger partial charge in [-0.15, -0.1) is 0 Å². The zero-order valence-electron chi connectivity index (χ0n) is 10.5. The topological polar surface area (TPSA) is 15.3 Å². The summed E-state index contributed by atoms with van der Waals surface area (Å²) in [6.07, 6.45) is 11.7. The van der Waals surface area contributed by atoms with Crippen molar-refractivity contribution in [2.24, 2.45) is 5.41 Å². The second-order valence-corrected chi connectivity index (χ2v) is 7.21. The van der Waals surface area contributed by atoms with Gasteiger partial charge in [0.05, 0.1) is 0 Å². The Balaban J connectivity index is 1.47. The molecule has 2 nitrogen and oxygen atoms in total. The predicted octanol–water partition coefficient (Wildman–Crippen LogP) is 2.15. The zero-order chi connectivity index (χ0) is 10.9. The van der Waals surface area contributed by atoms with Gasteiger partial charge in [-0.25, -0.2) is 0 Å². The largest absolute Gasteiger partial charge is 0.311 e. The van der Waals surface area contributed by atoms with Crippen LogP contribution in [-0.2, 0) is 0 Å². The SMILES string of the molecule is CN1CC2(CCC3(CC3)NC2)CCC12CC2. The van der Waals surface area contributed by atoms with Gasteiger partial charge >= 0.3 is 0 Å². The van der Waals surface area contributed by atoms with Gasteiger partial charge in [-0.3, -0.25) is 0 Å². The van der Waals surface area contributed by atoms with Crippen molar-refractivity contribution in [3.8, 4) is 0 Å². The van der Waals surface area contributed by atoms with Gasteiger partial charge in [0.1, 0.15) is 0 Å². The Hall–Kier alpha value is -0.0800. The van der Waals surface area contributed by atoms with Gasteiger partial charge < -0.3 is 10.2 Å². The molecule has 2 aliphatic carbocycles. The summed E-state index contributed by atoms with van der Waals surface area (Å²) < 4.78 is 0. The van der Waals surface area contributed by atoms with E-state index in [1.54, 1.807) is 0 Å². The molecule has 3 spiro atoms. The molecule has 90 valence electrons. The van der Waals surface area contributed by atoms with E-state index >= 15 is 0 Å². The van der Waals surface area contributed by atoms with E-state index in [1.807, 2.05) is 0 Å². The highest BCUT2D eigenvalue weighted by Gasteiger charge is 2.56. The van der Waals surface area contributed by atoms with Crippen molar-refractivity contribution in [2.45, 2.75) is 62.4 Å². The Kier molecular flexibility index (Phi) is 1.76. The molecule has 1 unspecified atom stereocenters. The summed E-state index contributed by atoms with van der Waals surface area (Å²) in [7, 11) is 2.37. The monoisotopic (exact) mass is 220 g/mol. The number of nitrogens with zero attached hydrogens (tertiary/aromatic N) is 1. The van der Waals surface area contributed by atoms with Crippen LogP contribution in [0.25, 0.3) is 0 Å². The first-order chi connectivity index (χ1) is 7.66. The second-order valence-electron chi connectivity index (χ2n) is 7.21. The lowest BCUT2D eigenvalue weighted by atomic mass is 9.70. The number of rotatable bonds is 0. The highest BCUT2D eigenvalue weighted by Crippen LogP contribution is 2.55. The van der Waals surface area contributed by atoms with Gasteiger partial charge in [0.2, 0.25) is 0 Å². The standard InChI is InChI=1S/C14H24N2/c1-16-11-12(3-7-14(16)8-9-14)2-4-13(5-6-13)15-10-12/h15H,2-11H2,1H3. The summed E-state index contributed by atoms with van der Waals surface area (Å²) in [6.45, 7) is 2.66. The van der Waals surface area contributed by atoms with E-state index in [0.29, 0.717) is 16.5 Å². The fourth-order valence-corrected chi connectivity index (χ4v) is 4.20. The summed E-state index contributed by atoms with van der Waals surface area (Å²) in [5.74, 6) is 0. The molecule has 2 saturated heterocycles. The summed E-state index contributed by atoms with van der Waals surface area (Å²) >= 11 is 0. The quantitative estimate of drug-likeness (QED) is 0.673. The summed E-state index contributed by atoms with van der Waals surface area (Å²) in [5.41, 5.74) is 1.93. The number of hydrogen-bond acceptors (Lipinski definition) is 2. The molecule has 4 rings (SSSR count). The molecule has 2 saturated carbocycles. The van der Waals surface area contributed by atoms with E-state index in [9.17, 15) is 0 Å². The van der Waals surface area contributed by atoms with Crippen molar-refractivity contribution in [1.29, 1.82) is 0 Å². The van der Waals surface area contributed by atoms with Gasteiger partial charge in [0.15, 0.2) is 0 Å². The minimum atomic E-state index is 0.624. The molecule has 16 heavy (non-hydrogen) atoms. The third-order valence-electron chi connectivity index (χ3n) is 6.16. The maximum atomic E-state index is 3.87. The van der Waals surface area contributed by atoms with Crippen molar-refractivity contribution >= 4 is 0 Å². The summed E-state index contributed by atoms with van der Waals surface area (Å²) in [5, 5.41) is 3.87. The van der Waals surface area contributed by atoms with Crippen LogP contribution in [0.3, 0.4) is 0 Å². The van der Waals surface area contributed by atoms with Gasteiger partial charge in [-0.2, -0.15) is 0 Å². The molecular weight excluding hydrogens is 196 g/mol. The molecule has 1 atom stereocenters. The van der Waals surface area contributed by atoms with Crippen molar-refractivity contribution in [1.82, 2.24) is 10.2 Å². The van der Waals surface area contributed by atoms with E-state index in [0.717, 1.165) is 0 Å². The molecule has 0 amide bonds. The van der Waals surface area contributed by atoms with Crippen LogP contribution in [0.1, 0.15) is 51.4 Å². The normalized spacial score (nSPS) is 44.1. The maximum absolute atomic E-state index is 3.87. The van der Waals surface area contributed by atoms with Gasteiger partial charge in [-0.05, 0) is 63.8 Å². The van der Waals surface area contributed by atoms with Crippen LogP contribution in [-0.4, -0.2) is 36.1 Å². The molecule has 2 heteroatoms. The minimum absolute atomic E-state index is 0.624. The van der Waals surface area contributed by atoms with Crippen LogP contribution in [0, 0.1) is 5.41 Å². The molecule has 0 radical (unpaired) electrons. The van der Waals surface area contributed by atoms with E-state index in [4.69, 9.17) is 0 Å². The molecule has 0 aromatic rings. The lowest BCUT2D eigenvalue weighted by molar-refractivity contribution is 0.0205. The van der Waals surface area contributed by atoms with Gasteiger partial charge in [0.25, 0.3) is 0 Å². The zero-order valence-corrected chi connectivity index (χ0v) is 10.5. The van der Waals surface area contributed by atoms with E-state index in [-0.39, 0.29) is 0 Å². The number of piperidine rings is 2. The average molecular weight is 220 g/mol. The Morgan fingerprint density at radius 3 is 2.00 bits per heavy atom.